The number of anilines is 2. The van der Waals surface area contributed by atoms with Crippen LogP contribution in [0.4, 0.5) is 11.4 Å². The standard InChI is InChI=1S/C29H26Cl2N2O3S/c1-17-9-12-19(13-10-17)37(35,36)33(24-15-22(31)25(34)16-21(24)30)27-26-20-8-6-5-7-18(20)11-14-23(26)32-28(27)29(2,3)4/h5-16,32,34H,1-4H3. The third-order valence-electron chi connectivity index (χ3n) is 6.41. The Morgan fingerprint density at radius 3 is 2.24 bits per heavy atom. The second kappa shape index (κ2) is 8.98. The van der Waals surface area contributed by atoms with Crippen LogP contribution >= 0.6 is 23.2 Å². The fraction of sp³-hybridized carbons (Fsp3) is 0.172. The van der Waals surface area contributed by atoms with E-state index in [-0.39, 0.29) is 26.4 Å². The molecule has 0 aliphatic carbocycles. The summed E-state index contributed by atoms with van der Waals surface area (Å²) in [6.45, 7) is 7.96. The molecule has 5 rings (SSSR count). The number of aromatic amines is 1. The van der Waals surface area contributed by atoms with Crippen LogP contribution in [0.2, 0.25) is 10.0 Å². The lowest BCUT2D eigenvalue weighted by Crippen LogP contribution is -2.29. The van der Waals surface area contributed by atoms with Crippen molar-refractivity contribution >= 4 is 66.3 Å². The van der Waals surface area contributed by atoms with E-state index in [0.717, 1.165) is 32.9 Å². The summed E-state index contributed by atoms with van der Waals surface area (Å²) in [6, 6.07) is 21.1. The summed E-state index contributed by atoms with van der Waals surface area (Å²) in [4.78, 5) is 3.60. The van der Waals surface area contributed by atoms with Gasteiger partial charge >= 0.3 is 0 Å². The van der Waals surface area contributed by atoms with Gasteiger partial charge in [-0.1, -0.05) is 92.0 Å². The molecule has 0 saturated heterocycles. The minimum atomic E-state index is -4.20. The number of phenols is 1. The molecule has 190 valence electrons. The lowest BCUT2D eigenvalue weighted by molar-refractivity contribution is 0.475. The number of halogens is 2. The third-order valence-corrected chi connectivity index (χ3v) is 8.74. The molecule has 1 heterocycles. The quantitative estimate of drug-likeness (QED) is 0.235. The first-order chi connectivity index (χ1) is 17.4. The van der Waals surface area contributed by atoms with Gasteiger partial charge in [-0.3, -0.25) is 0 Å². The van der Waals surface area contributed by atoms with Crippen LogP contribution in [0.3, 0.4) is 0 Å². The second-order valence-electron chi connectivity index (χ2n) is 10.1. The van der Waals surface area contributed by atoms with E-state index in [2.05, 4.69) is 4.98 Å². The van der Waals surface area contributed by atoms with Crippen molar-refractivity contribution in [1.82, 2.24) is 4.98 Å². The molecule has 0 fully saturated rings. The van der Waals surface area contributed by atoms with Crippen LogP contribution in [-0.2, 0) is 15.4 Å². The zero-order valence-corrected chi connectivity index (χ0v) is 23.1. The summed E-state index contributed by atoms with van der Waals surface area (Å²) in [5.41, 5.74) is 2.58. The predicted octanol–water partition coefficient (Wildman–Crippen LogP) is 8.47. The Morgan fingerprint density at radius 2 is 1.57 bits per heavy atom. The van der Waals surface area contributed by atoms with Crippen molar-refractivity contribution in [3.05, 3.63) is 94.1 Å². The van der Waals surface area contributed by atoms with Crippen LogP contribution in [0.1, 0.15) is 32.0 Å². The number of rotatable bonds is 4. The van der Waals surface area contributed by atoms with E-state index < -0.39 is 15.4 Å². The average molecular weight is 554 g/mol. The number of hydrogen-bond acceptors (Lipinski definition) is 3. The number of benzene rings is 4. The molecule has 0 unspecified atom stereocenters. The Kier molecular flexibility index (Phi) is 6.18. The van der Waals surface area contributed by atoms with E-state index in [4.69, 9.17) is 23.2 Å². The third kappa shape index (κ3) is 4.33. The molecule has 0 bridgehead atoms. The molecule has 0 aliphatic rings. The van der Waals surface area contributed by atoms with Crippen molar-refractivity contribution in [2.24, 2.45) is 0 Å². The average Bonchev–Trinajstić information content (AvgIpc) is 3.23. The summed E-state index contributed by atoms with van der Waals surface area (Å²) in [5.74, 6) is -0.233. The molecule has 0 amide bonds. The number of phenolic OH excluding ortho intramolecular Hbond substituents is 1. The Bertz CT molecular complexity index is 1770. The van der Waals surface area contributed by atoms with E-state index in [1.54, 1.807) is 24.3 Å². The van der Waals surface area contributed by atoms with Gasteiger partial charge in [0.25, 0.3) is 10.0 Å². The number of nitrogens with one attached hydrogen (secondary N) is 1. The van der Waals surface area contributed by atoms with Gasteiger partial charge in [0.1, 0.15) is 5.75 Å². The van der Waals surface area contributed by atoms with Crippen molar-refractivity contribution in [3.63, 3.8) is 0 Å². The number of nitrogens with zero attached hydrogens (tertiary/aromatic N) is 1. The molecule has 37 heavy (non-hydrogen) atoms. The summed E-state index contributed by atoms with van der Waals surface area (Å²) >= 11 is 12.9. The van der Waals surface area contributed by atoms with Gasteiger partial charge in [0.15, 0.2) is 0 Å². The van der Waals surface area contributed by atoms with Crippen LogP contribution in [0.5, 0.6) is 5.75 Å². The van der Waals surface area contributed by atoms with Crippen LogP contribution in [-0.4, -0.2) is 18.5 Å². The normalized spacial score (nSPS) is 12.4. The number of sulfonamides is 1. The minimum absolute atomic E-state index is 0.00878. The molecular weight excluding hydrogens is 527 g/mol. The maximum Gasteiger partial charge on any atom is 0.268 e. The van der Waals surface area contributed by atoms with Gasteiger partial charge < -0.3 is 10.1 Å². The fourth-order valence-corrected chi connectivity index (χ4v) is 6.54. The highest BCUT2D eigenvalue weighted by molar-refractivity contribution is 7.93. The molecule has 4 aromatic carbocycles. The predicted molar refractivity (Wildman–Crippen MR) is 153 cm³/mol. The highest BCUT2D eigenvalue weighted by atomic mass is 35.5. The molecule has 0 aliphatic heterocycles. The number of hydrogen-bond donors (Lipinski definition) is 2. The number of fused-ring (bicyclic) bond motifs is 3. The lowest BCUT2D eigenvalue weighted by atomic mass is 9.90. The summed E-state index contributed by atoms with van der Waals surface area (Å²) in [7, 11) is -4.20. The highest BCUT2D eigenvalue weighted by Gasteiger charge is 2.36. The SMILES string of the molecule is Cc1ccc(S(=O)(=O)N(c2cc(Cl)c(O)cc2Cl)c2c(C(C)(C)C)[nH]c3ccc4ccccc4c23)cc1. The monoisotopic (exact) mass is 552 g/mol. The van der Waals surface area contributed by atoms with Gasteiger partial charge in [0.2, 0.25) is 0 Å². The number of aromatic hydroxyl groups is 1. The molecule has 5 nitrogen and oxygen atoms in total. The van der Waals surface area contributed by atoms with Gasteiger partial charge in [0.05, 0.1) is 26.3 Å². The highest BCUT2D eigenvalue weighted by Crippen LogP contribution is 2.49. The zero-order chi connectivity index (χ0) is 26.7. The largest absolute Gasteiger partial charge is 0.506 e. The van der Waals surface area contributed by atoms with Crippen molar-refractivity contribution in [2.75, 3.05) is 4.31 Å². The number of aryl methyl sites for hydroxylation is 1. The molecule has 1 aromatic heterocycles. The summed E-state index contributed by atoms with van der Waals surface area (Å²) < 4.78 is 30.3. The number of aromatic nitrogens is 1. The molecule has 2 N–H and O–H groups in total. The minimum Gasteiger partial charge on any atom is -0.506 e. The maximum absolute atomic E-state index is 14.5. The van der Waals surface area contributed by atoms with E-state index >= 15 is 0 Å². The smallest absolute Gasteiger partial charge is 0.268 e. The van der Waals surface area contributed by atoms with Gasteiger partial charge in [0, 0.05) is 28.1 Å². The van der Waals surface area contributed by atoms with Crippen LogP contribution in [0.25, 0.3) is 21.7 Å². The van der Waals surface area contributed by atoms with Crippen molar-refractivity contribution in [2.45, 2.75) is 38.0 Å². The molecular formula is C29H26Cl2N2O3S. The molecule has 8 heteroatoms. The van der Waals surface area contributed by atoms with Gasteiger partial charge in [-0.05, 0) is 42.0 Å². The molecule has 0 radical (unpaired) electrons. The summed E-state index contributed by atoms with van der Waals surface area (Å²) in [5, 5.41) is 12.8. The Labute approximate surface area is 226 Å². The van der Waals surface area contributed by atoms with E-state index in [1.165, 1.54) is 16.4 Å². The fourth-order valence-electron chi connectivity index (χ4n) is 4.56. The van der Waals surface area contributed by atoms with Crippen molar-refractivity contribution in [1.29, 1.82) is 0 Å². The molecule has 0 atom stereocenters. The Morgan fingerprint density at radius 1 is 0.892 bits per heavy atom. The number of H-pyrrole nitrogens is 1. The van der Waals surface area contributed by atoms with Crippen LogP contribution < -0.4 is 4.31 Å². The van der Waals surface area contributed by atoms with Crippen LogP contribution in [0, 0.1) is 6.92 Å². The first kappa shape index (κ1) is 25.5. The van der Waals surface area contributed by atoms with Crippen LogP contribution in [0.15, 0.2) is 77.7 Å². The second-order valence-corrected chi connectivity index (χ2v) is 12.7. The van der Waals surface area contributed by atoms with Crippen molar-refractivity contribution in [3.8, 4) is 5.75 Å². The molecule has 5 aromatic rings. The van der Waals surface area contributed by atoms with Gasteiger partial charge in [-0.25, -0.2) is 12.7 Å². The van der Waals surface area contributed by atoms with Crippen molar-refractivity contribution < 1.29 is 13.5 Å². The maximum atomic E-state index is 14.5. The molecule has 0 saturated carbocycles. The first-order valence-electron chi connectivity index (χ1n) is 11.7. The Balaban J connectivity index is 1.98. The van der Waals surface area contributed by atoms with E-state index in [0.29, 0.717) is 5.69 Å². The summed E-state index contributed by atoms with van der Waals surface area (Å²) in [6.07, 6.45) is 0. The topological polar surface area (TPSA) is 73.4 Å². The van der Waals surface area contributed by atoms with Gasteiger partial charge in [-0.15, -0.1) is 0 Å². The molecule has 0 spiro atoms. The first-order valence-corrected chi connectivity index (χ1v) is 13.9. The zero-order valence-electron chi connectivity index (χ0n) is 20.8. The van der Waals surface area contributed by atoms with E-state index in [1.807, 2.05) is 64.1 Å². The van der Waals surface area contributed by atoms with E-state index in [9.17, 15) is 13.5 Å². The van der Waals surface area contributed by atoms with Gasteiger partial charge in [-0.2, -0.15) is 0 Å². The Hall–Kier alpha value is -3.19. The lowest BCUT2D eigenvalue weighted by Gasteiger charge is -2.30.